The third-order valence-electron chi connectivity index (χ3n) is 6.40. The number of carbonyl (C=O) groups excluding carboxylic acids is 1. The minimum absolute atomic E-state index is 0.0323. The van der Waals surface area contributed by atoms with E-state index in [0.717, 1.165) is 31.4 Å². The van der Waals surface area contributed by atoms with Gasteiger partial charge in [-0.3, -0.25) is 9.79 Å². The summed E-state index contributed by atoms with van der Waals surface area (Å²) in [6, 6.07) is 0.114. The van der Waals surface area contributed by atoms with Gasteiger partial charge in [0, 0.05) is 35.6 Å². The average Bonchev–Trinajstić information content (AvgIpc) is 2.88. The van der Waals surface area contributed by atoms with E-state index in [0.29, 0.717) is 6.61 Å². The normalized spacial score (nSPS) is 22.1. The SMILES string of the molecule is CNC(C)(C)CCC(C)OCCC(C)(C)NC(=O)C1(C)C=CN=C(C(C)CC(C)N)C=C1. The number of nitrogens with two attached hydrogens (primary N) is 1. The summed E-state index contributed by atoms with van der Waals surface area (Å²) in [6.07, 6.45) is 11.4. The number of hydrogen-bond donors (Lipinski definition) is 3. The van der Waals surface area contributed by atoms with E-state index < -0.39 is 5.41 Å². The molecule has 0 aromatic rings. The first-order valence-electron chi connectivity index (χ1n) is 12.0. The van der Waals surface area contributed by atoms with Gasteiger partial charge in [-0.25, -0.2) is 0 Å². The van der Waals surface area contributed by atoms with E-state index in [1.54, 1.807) is 6.20 Å². The molecule has 1 rings (SSSR count). The maximum Gasteiger partial charge on any atom is 0.234 e. The number of hydrogen-bond acceptors (Lipinski definition) is 5. The Morgan fingerprint density at radius 2 is 1.81 bits per heavy atom. The largest absolute Gasteiger partial charge is 0.378 e. The molecule has 6 heteroatoms. The first-order valence-corrected chi connectivity index (χ1v) is 12.0. The Bertz CT molecular complexity index is 694. The topological polar surface area (TPSA) is 88.7 Å². The van der Waals surface area contributed by atoms with Gasteiger partial charge in [-0.05, 0) is 99.3 Å². The molecule has 0 radical (unpaired) electrons. The van der Waals surface area contributed by atoms with Crippen molar-refractivity contribution in [2.45, 2.75) is 104 Å². The van der Waals surface area contributed by atoms with E-state index in [9.17, 15) is 4.79 Å². The minimum Gasteiger partial charge on any atom is -0.378 e. The Labute approximate surface area is 196 Å². The molecule has 0 aliphatic carbocycles. The van der Waals surface area contributed by atoms with Crippen LogP contribution in [-0.4, -0.2) is 48.5 Å². The molecular formula is C26H48N4O2. The number of ether oxygens (including phenoxy) is 1. The van der Waals surface area contributed by atoms with Gasteiger partial charge in [-0.15, -0.1) is 0 Å². The summed E-state index contributed by atoms with van der Waals surface area (Å²) in [6.45, 7) is 17.2. The van der Waals surface area contributed by atoms with Crippen LogP contribution >= 0.6 is 0 Å². The molecule has 184 valence electrons. The lowest BCUT2D eigenvalue weighted by Gasteiger charge is -2.31. The first kappa shape index (κ1) is 28.5. The summed E-state index contributed by atoms with van der Waals surface area (Å²) in [7, 11) is 1.99. The Hall–Kier alpha value is -1.50. The van der Waals surface area contributed by atoms with Crippen LogP contribution in [0.1, 0.15) is 81.1 Å². The molecule has 0 aromatic heterocycles. The number of aliphatic imine (C=N–C) groups is 1. The van der Waals surface area contributed by atoms with E-state index in [2.05, 4.69) is 43.3 Å². The second-order valence-electron chi connectivity index (χ2n) is 11.0. The lowest BCUT2D eigenvalue weighted by Crippen LogP contribution is -2.49. The van der Waals surface area contributed by atoms with Crippen LogP contribution in [0, 0.1) is 11.3 Å². The van der Waals surface area contributed by atoms with E-state index in [-0.39, 0.29) is 35.0 Å². The van der Waals surface area contributed by atoms with Gasteiger partial charge in [0.05, 0.1) is 11.5 Å². The van der Waals surface area contributed by atoms with E-state index in [1.165, 1.54) is 0 Å². The van der Waals surface area contributed by atoms with Gasteiger partial charge < -0.3 is 21.1 Å². The van der Waals surface area contributed by atoms with Gasteiger partial charge in [0.1, 0.15) is 0 Å². The summed E-state index contributed by atoms with van der Waals surface area (Å²) in [5.74, 6) is 0.214. The number of amides is 1. The molecule has 1 amide bonds. The molecule has 0 saturated carbocycles. The number of allylic oxidation sites excluding steroid dienone is 1. The molecule has 1 aliphatic rings. The molecule has 0 fully saturated rings. The lowest BCUT2D eigenvalue weighted by molar-refractivity contribution is -0.127. The Balaban J connectivity index is 2.59. The van der Waals surface area contributed by atoms with E-state index >= 15 is 0 Å². The summed E-state index contributed by atoms with van der Waals surface area (Å²) < 4.78 is 6.03. The Morgan fingerprint density at radius 3 is 2.41 bits per heavy atom. The molecule has 1 heterocycles. The van der Waals surface area contributed by atoms with Crippen LogP contribution in [-0.2, 0) is 9.53 Å². The quantitative estimate of drug-likeness (QED) is 0.391. The third-order valence-corrected chi connectivity index (χ3v) is 6.40. The van der Waals surface area contributed by atoms with Crippen LogP contribution in [0.4, 0.5) is 0 Å². The van der Waals surface area contributed by atoms with Gasteiger partial charge in [0.15, 0.2) is 0 Å². The molecule has 0 spiro atoms. The fourth-order valence-electron chi connectivity index (χ4n) is 3.55. The molecule has 4 atom stereocenters. The minimum atomic E-state index is -0.747. The van der Waals surface area contributed by atoms with Crippen LogP contribution in [0.25, 0.3) is 0 Å². The highest BCUT2D eigenvalue weighted by atomic mass is 16.5. The van der Waals surface area contributed by atoms with Crippen molar-refractivity contribution >= 4 is 11.6 Å². The van der Waals surface area contributed by atoms with Crippen LogP contribution in [0.5, 0.6) is 0 Å². The summed E-state index contributed by atoms with van der Waals surface area (Å²) >= 11 is 0. The summed E-state index contributed by atoms with van der Waals surface area (Å²) in [4.78, 5) is 17.7. The molecule has 4 unspecified atom stereocenters. The highest BCUT2D eigenvalue weighted by Gasteiger charge is 2.33. The van der Waals surface area contributed by atoms with Crippen molar-refractivity contribution in [2.24, 2.45) is 22.1 Å². The molecule has 4 N–H and O–H groups in total. The highest BCUT2D eigenvalue weighted by Crippen LogP contribution is 2.26. The molecule has 0 saturated heterocycles. The zero-order valence-electron chi connectivity index (χ0n) is 21.9. The van der Waals surface area contributed by atoms with Crippen LogP contribution in [0.3, 0.4) is 0 Å². The van der Waals surface area contributed by atoms with E-state index in [4.69, 9.17) is 10.5 Å². The molecular weight excluding hydrogens is 400 g/mol. The summed E-state index contributed by atoms with van der Waals surface area (Å²) in [5, 5.41) is 6.53. The van der Waals surface area contributed by atoms with Crippen molar-refractivity contribution in [1.82, 2.24) is 10.6 Å². The predicted molar refractivity (Wildman–Crippen MR) is 136 cm³/mol. The number of nitrogens with one attached hydrogen (secondary N) is 2. The standard InChI is InChI=1S/C26H48N4O2/c1-19(18-20(2)27)22-11-13-26(8,14-16-29-22)23(31)30-25(6,7)15-17-32-21(3)10-12-24(4,5)28-9/h11,13-14,16,19-21,28H,10,12,15,17-18,27H2,1-9H3,(H,30,31). The number of nitrogens with zero attached hydrogens (tertiary/aromatic N) is 1. The van der Waals surface area contributed by atoms with Gasteiger partial charge in [0.2, 0.25) is 5.91 Å². The van der Waals surface area contributed by atoms with Crippen molar-refractivity contribution in [1.29, 1.82) is 0 Å². The lowest BCUT2D eigenvalue weighted by atomic mass is 9.86. The van der Waals surface area contributed by atoms with Crippen molar-refractivity contribution in [2.75, 3.05) is 13.7 Å². The molecule has 0 bridgehead atoms. The highest BCUT2D eigenvalue weighted by molar-refractivity contribution is 5.99. The predicted octanol–water partition coefficient (Wildman–Crippen LogP) is 4.36. The summed E-state index contributed by atoms with van der Waals surface area (Å²) in [5.41, 5.74) is 5.89. The van der Waals surface area contributed by atoms with Crippen molar-refractivity contribution in [3.8, 4) is 0 Å². The van der Waals surface area contributed by atoms with Gasteiger partial charge in [-0.1, -0.05) is 13.0 Å². The van der Waals surface area contributed by atoms with Crippen molar-refractivity contribution in [3.05, 3.63) is 24.4 Å². The van der Waals surface area contributed by atoms with Crippen LogP contribution in [0.2, 0.25) is 0 Å². The van der Waals surface area contributed by atoms with Crippen LogP contribution in [0.15, 0.2) is 29.4 Å². The number of rotatable bonds is 13. The fraction of sp³-hybridized carbons (Fsp3) is 0.769. The van der Waals surface area contributed by atoms with Crippen molar-refractivity contribution in [3.63, 3.8) is 0 Å². The number of carbonyl (C=O) groups is 1. The monoisotopic (exact) mass is 448 g/mol. The maximum absolute atomic E-state index is 13.2. The third kappa shape index (κ3) is 9.97. The van der Waals surface area contributed by atoms with Crippen LogP contribution < -0.4 is 16.4 Å². The van der Waals surface area contributed by atoms with Gasteiger partial charge in [0.25, 0.3) is 0 Å². The van der Waals surface area contributed by atoms with Crippen molar-refractivity contribution < 1.29 is 9.53 Å². The Kier molecular flexibility index (Phi) is 10.8. The smallest absolute Gasteiger partial charge is 0.234 e. The Morgan fingerprint density at radius 1 is 1.16 bits per heavy atom. The fourth-order valence-corrected chi connectivity index (χ4v) is 3.55. The average molecular weight is 449 g/mol. The zero-order chi connectivity index (χ0) is 24.6. The maximum atomic E-state index is 13.2. The molecule has 32 heavy (non-hydrogen) atoms. The van der Waals surface area contributed by atoms with Gasteiger partial charge >= 0.3 is 0 Å². The molecule has 0 aromatic carbocycles. The second-order valence-corrected chi connectivity index (χ2v) is 11.0. The zero-order valence-corrected chi connectivity index (χ0v) is 21.9. The second kappa shape index (κ2) is 12.1. The molecule has 1 aliphatic heterocycles. The first-order chi connectivity index (χ1) is 14.7. The molecule has 6 nitrogen and oxygen atoms in total. The van der Waals surface area contributed by atoms with E-state index in [1.807, 2.05) is 53.0 Å². The van der Waals surface area contributed by atoms with Gasteiger partial charge in [-0.2, -0.15) is 0 Å².